The minimum atomic E-state index is -1.10. The van der Waals surface area contributed by atoms with Crippen molar-refractivity contribution in [3.63, 3.8) is 0 Å². The number of imide groups is 1. The highest BCUT2D eigenvalue weighted by molar-refractivity contribution is 6.38. The smallest absolute Gasteiger partial charge is 0.271 e. The zero-order valence-corrected chi connectivity index (χ0v) is 23.4. The first-order valence-corrected chi connectivity index (χ1v) is 14.0. The van der Waals surface area contributed by atoms with Crippen molar-refractivity contribution in [2.24, 2.45) is 16.9 Å². The van der Waals surface area contributed by atoms with E-state index >= 15 is 0 Å². The lowest BCUT2D eigenvalue weighted by Gasteiger charge is -2.52. The fraction of sp³-hybridized carbons (Fsp3) is 0.152. The standard InChI is InChI=1S/C33H23Cl2N3O3/c1-18-7-6-8-19(15-18)30(39)37-36-17-33-23-11-4-2-9-21(23)27(22-10-3-5-12-24(22)33)28-29(33)32(41)38(31(28)40)26-14-13-20(34)16-25(26)35/h2-17,27-29H,1H3,(H,37,39)/b36-17+/t27?,28-,29-,33?/m0/s1. The molecule has 1 saturated heterocycles. The highest BCUT2D eigenvalue weighted by Crippen LogP contribution is 2.63. The zero-order chi connectivity index (χ0) is 28.5. The lowest BCUT2D eigenvalue weighted by atomic mass is 9.47. The Morgan fingerprint density at radius 3 is 2.22 bits per heavy atom. The Balaban J connectivity index is 1.41. The summed E-state index contributed by atoms with van der Waals surface area (Å²) in [5.74, 6) is -2.85. The Labute approximate surface area is 246 Å². The molecule has 2 bridgehead atoms. The zero-order valence-electron chi connectivity index (χ0n) is 21.8. The summed E-state index contributed by atoms with van der Waals surface area (Å²) in [5, 5.41) is 5.08. The van der Waals surface area contributed by atoms with E-state index in [1.165, 1.54) is 11.0 Å². The second-order valence-corrected chi connectivity index (χ2v) is 11.5. The van der Waals surface area contributed by atoms with Crippen LogP contribution in [-0.4, -0.2) is 23.9 Å². The van der Waals surface area contributed by atoms with E-state index in [-0.39, 0.29) is 28.7 Å². The van der Waals surface area contributed by atoms with E-state index in [9.17, 15) is 14.4 Å². The number of hydrazone groups is 1. The third-order valence-corrected chi connectivity index (χ3v) is 9.09. The van der Waals surface area contributed by atoms with Gasteiger partial charge < -0.3 is 0 Å². The molecule has 4 aromatic rings. The van der Waals surface area contributed by atoms with Gasteiger partial charge in [0.2, 0.25) is 11.8 Å². The molecule has 8 heteroatoms. The van der Waals surface area contributed by atoms with Gasteiger partial charge >= 0.3 is 0 Å². The van der Waals surface area contributed by atoms with Gasteiger partial charge in [-0.2, -0.15) is 5.10 Å². The number of nitrogens with one attached hydrogen (secondary N) is 1. The van der Waals surface area contributed by atoms with Gasteiger partial charge in [0.25, 0.3) is 5.91 Å². The third kappa shape index (κ3) is 3.64. The average Bonchev–Trinajstić information content (AvgIpc) is 3.24. The summed E-state index contributed by atoms with van der Waals surface area (Å²) < 4.78 is 0. The first-order chi connectivity index (χ1) is 19.8. The Morgan fingerprint density at radius 2 is 1.56 bits per heavy atom. The molecule has 6 nitrogen and oxygen atoms in total. The maximum atomic E-state index is 14.4. The number of aryl methyl sites for hydroxylation is 1. The molecule has 0 aromatic heterocycles. The van der Waals surface area contributed by atoms with Crippen LogP contribution in [0.5, 0.6) is 0 Å². The highest BCUT2D eigenvalue weighted by Gasteiger charge is 2.68. The maximum absolute atomic E-state index is 14.4. The molecule has 1 aliphatic heterocycles. The van der Waals surface area contributed by atoms with Crippen LogP contribution in [0.1, 0.15) is 44.1 Å². The van der Waals surface area contributed by atoms with Crippen LogP contribution in [0, 0.1) is 18.8 Å². The van der Waals surface area contributed by atoms with Gasteiger partial charge in [-0.3, -0.25) is 14.4 Å². The SMILES string of the molecule is Cc1cccc(C(=O)N/N=C/C23c4ccccc4C(c4ccccc42)[C@@H]2C(=O)N(c4ccc(Cl)cc4Cl)C(=O)[C@H]23)c1. The normalized spacial score (nSPS) is 23.9. The number of rotatable bonds is 4. The highest BCUT2D eigenvalue weighted by atomic mass is 35.5. The molecular formula is C33H23Cl2N3O3. The molecule has 202 valence electrons. The molecule has 8 rings (SSSR count). The first-order valence-electron chi connectivity index (χ1n) is 13.3. The van der Waals surface area contributed by atoms with Crippen LogP contribution in [0.2, 0.25) is 10.0 Å². The second-order valence-electron chi connectivity index (χ2n) is 10.7. The van der Waals surface area contributed by atoms with E-state index in [1.54, 1.807) is 30.5 Å². The van der Waals surface area contributed by atoms with Crippen molar-refractivity contribution in [2.75, 3.05) is 4.90 Å². The van der Waals surface area contributed by atoms with Crippen LogP contribution in [0.3, 0.4) is 0 Å². The van der Waals surface area contributed by atoms with Gasteiger partial charge in [0.1, 0.15) is 0 Å². The van der Waals surface area contributed by atoms with Crippen molar-refractivity contribution in [3.05, 3.63) is 134 Å². The largest absolute Gasteiger partial charge is 0.274 e. The monoisotopic (exact) mass is 579 g/mol. The van der Waals surface area contributed by atoms with Crippen LogP contribution in [-0.2, 0) is 15.0 Å². The predicted octanol–water partition coefficient (Wildman–Crippen LogP) is 6.27. The van der Waals surface area contributed by atoms with Crippen molar-refractivity contribution in [1.82, 2.24) is 5.43 Å². The van der Waals surface area contributed by atoms with Gasteiger partial charge in [0, 0.05) is 22.7 Å². The number of nitrogens with zero attached hydrogens (tertiary/aromatic N) is 2. The Hall–Kier alpha value is -4.26. The Bertz CT molecular complexity index is 1770. The van der Waals surface area contributed by atoms with E-state index in [2.05, 4.69) is 10.5 Å². The van der Waals surface area contributed by atoms with Crippen LogP contribution in [0.15, 0.2) is 96.1 Å². The predicted molar refractivity (Wildman–Crippen MR) is 159 cm³/mol. The van der Waals surface area contributed by atoms with Gasteiger partial charge in [-0.25, -0.2) is 10.3 Å². The summed E-state index contributed by atoms with van der Waals surface area (Å²) in [6.45, 7) is 1.91. The third-order valence-electron chi connectivity index (χ3n) is 8.55. The molecule has 1 fully saturated rings. The summed E-state index contributed by atoms with van der Waals surface area (Å²) in [5.41, 5.74) is 7.00. The molecule has 1 heterocycles. The lowest BCUT2D eigenvalue weighted by Crippen LogP contribution is -2.54. The number of halogens is 2. The van der Waals surface area contributed by atoms with Crippen LogP contribution >= 0.6 is 23.2 Å². The lowest BCUT2D eigenvalue weighted by molar-refractivity contribution is -0.122. The molecule has 3 aliphatic carbocycles. The summed E-state index contributed by atoms with van der Waals surface area (Å²) in [7, 11) is 0. The number of amides is 3. The van der Waals surface area contributed by atoms with Crippen molar-refractivity contribution in [2.45, 2.75) is 18.3 Å². The molecule has 0 saturated carbocycles. The van der Waals surface area contributed by atoms with Crippen LogP contribution in [0.25, 0.3) is 0 Å². The van der Waals surface area contributed by atoms with Crippen molar-refractivity contribution < 1.29 is 14.4 Å². The maximum Gasteiger partial charge on any atom is 0.271 e. The van der Waals surface area contributed by atoms with Crippen molar-refractivity contribution in [3.8, 4) is 0 Å². The fourth-order valence-corrected chi connectivity index (χ4v) is 7.49. The molecule has 0 unspecified atom stereocenters. The summed E-state index contributed by atoms with van der Waals surface area (Å²) in [6.07, 6.45) is 1.64. The molecule has 3 amide bonds. The van der Waals surface area contributed by atoms with Crippen molar-refractivity contribution >= 4 is 52.8 Å². The summed E-state index contributed by atoms with van der Waals surface area (Å²) in [4.78, 5) is 42.9. The first kappa shape index (κ1) is 25.7. The summed E-state index contributed by atoms with van der Waals surface area (Å²) >= 11 is 12.7. The number of benzene rings is 4. The van der Waals surface area contributed by atoms with E-state index < -0.39 is 17.3 Å². The number of hydrogen-bond donors (Lipinski definition) is 1. The quantitative estimate of drug-likeness (QED) is 0.176. The molecule has 2 atom stereocenters. The Morgan fingerprint density at radius 1 is 0.878 bits per heavy atom. The molecule has 4 aliphatic rings. The van der Waals surface area contributed by atoms with Gasteiger partial charge in [-0.1, -0.05) is 89.4 Å². The number of carbonyl (C=O) groups is 3. The summed E-state index contributed by atoms with van der Waals surface area (Å²) in [6, 6.07) is 27.7. The van der Waals surface area contributed by atoms with Gasteiger partial charge in [0.15, 0.2) is 0 Å². The van der Waals surface area contributed by atoms with Crippen LogP contribution < -0.4 is 10.3 Å². The van der Waals surface area contributed by atoms with E-state index in [0.717, 1.165) is 27.8 Å². The average molecular weight is 580 g/mol. The van der Waals surface area contributed by atoms with Crippen molar-refractivity contribution in [1.29, 1.82) is 0 Å². The minimum Gasteiger partial charge on any atom is -0.274 e. The van der Waals surface area contributed by atoms with Gasteiger partial charge in [-0.05, 0) is 59.5 Å². The molecule has 41 heavy (non-hydrogen) atoms. The molecule has 4 aromatic carbocycles. The van der Waals surface area contributed by atoms with Gasteiger partial charge in [-0.15, -0.1) is 0 Å². The molecule has 0 radical (unpaired) electrons. The topological polar surface area (TPSA) is 78.8 Å². The molecule has 1 N–H and O–H groups in total. The van der Waals surface area contributed by atoms with Crippen LogP contribution in [0.4, 0.5) is 5.69 Å². The number of carbonyl (C=O) groups excluding carboxylic acids is 3. The number of hydrogen-bond acceptors (Lipinski definition) is 4. The van der Waals surface area contributed by atoms with E-state index in [4.69, 9.17) is 23.2 Å². The fourth-order valence-electron chi connectivity index (χ4n) is 6.99. The number of anilines is 1. The van der Waals surface area contributed by atoms with E-state index in [1.807, 2.05) is 67.6 Å². The van der Waals surface area contributed by atoms with Gasteiger partial charge in [0.05, 0.1) is 28.0 Å². The molecular weight excluding hydrogens is 557 g/mol. The molecule has 0 spiro atoms. The minimum absolute atomic E-state index is 0.216. The van der Waals surface area contributed by atoms with E-state index in [0.29, 0.717) is 16.3 Å². The second kappa shape index (κ2) is 9.40. The Kier molecular flexibility index (Phi) is 5.89.